The molecule has 3 aromatic rings. The van der Waals surface area contributed by atoms with E-state index in [1.54, 1.807) is 12.3 Å². The summed E-state index contributed by atoms with van der Waals surface area (Å²) in [4.78, 5) is 30.5. The zero-order valence-electron chi connectivity index (χ0n) is 15.3. The smallest absolute Gasteiger partial charge is 0.267 e. The molecule has 0 fully saturated rings. The third-order valence-electron chi connectivity index (χ3n) is 3.99. The van der Waals surface area contributed by atoms with E-state index in [-0.39, 0.29) is 18.0 Å². The number of hydrogen-bond acceptors (Lipinski definition) is 5. The van der Waals surface area contributed by atoms with Crippen LogP contribution in [0.2, 0.25) is 0 Å². The van der Waals surface area contributed by atoms with Gasteiger partial charge in [-0.15, -0.1) is 0 Å². The number of hydrogen-bond donors (Lipinski definition) is 1. The Balaban J connectivity index is 1.64. The zero-order valence-corrected chi connectivity index (χ0v) is 15.3. The molecule has 138 valence electrons. The van der Waals surface area contributed by atoms with Gasteiger partial charge in [0.05, 0.1) is 5.69 Å². The van der Waals surface area contributed by atoms with Crippen molar-refractivity contribution in [3.8, 4) is 11.3 Å². The summed E-state index contributed by atoms with van der Waals surface area (Å²) in [5.74, 6) is 0.560. The number of carbonyl (C=O) groups excluding carboxylic acids is 1. The maximum atomic E-state index is 12.2. The lowest BCUT2D eigenvalue weighted by Crippen LogP contribution is -2.33. The monoisotopic (exact) mass is 363 g/mol. The Bertz CT molecular complexity index is 966. The molecular formula is C20H21N5O2. The van der Waals surface area contributed by atoms with Crippen molar-refractivity contribution < 1.29 is 4.79 Å². The number of benzene rings is 1. The summed E-state index contributed by atoms with van der Waals surface area (Å²) in [5.41, 5.74) is 2.10. The van der Waals surface area contributed by atoms with Crippen LogP contribution >= 0.6 is 0 Å². The van der Waals surface area contributed by atoms with E-state index < -0.39 is 0 Å². The Labute approximate surface area is 157 Å². The molecule has 0 saturated heterocycles. The molecule has 1 amide bonds. The van der Waals surface area contributed by atoms with Crippen molar-refractivity contribution in [1.29, 1.82) is 0 Å². The molecule has 0 atom stereocenters. The van der Waals surface area contributed by atoms with Crippen LogP contribution in [0.15, 0.2) is 65.6 Å². The van der Waals surface area contributed by atoms with E-state index in [4.69, 9.17) is 0 Å². The van der Waals surface area contributed by atoms with E-state index in [9.17, 15) is 9.59 Å². The molecule has 7 nitrogen and oxygen atoms in total. The van der Waals surface area contributed by atoms with Crippen LogP contribution in [0.4, 0.5) is 5.82 Å². The third kappa shape index (κ3) is 4.78. The van der Waals surface area contributed by atoms with Gasteiger partial charge in [-0.1, -0.05) is 36.4 Å². The standard InChI is InChI=1S/C20H21N5O2/c1-24(2)18-10-8-15(12-21-18)13-22-19(26)14-25-20(27)11-9-17(23-25)16-6-4-3-5-7-16/h3-12H,13-14H2,1-2H3,(H,22,26). The fraction of sp³-hybridized carbons (Fsp3) is 0.200. The van der Waals surface area contributed by atoms with Gasteiger partial charge in [0.15, 0.2) is 0 Å². The van der Waals surface area contributed by atoms with Gasteiger partial charge in [0.2, 0.25) is 5.91 Å². The zero-order chi connectivity index (χ0) is 19.2. The lowest BCUT2D eigenvalue weighted by Gasteiger charge is -2.12. The molecule has 0 aliphatic heterocycles. The molecule has 1 aromatic carbocycles. The van der Waals surface area contributed by atoms with Crippen LogP contribution in [0.25, 0.3) is 11.3 Å². The number of nitrogens with one attached hydrogen (secondary N) is 1. The number of anilines is 1. The highest BCUT2D eigenvalue weighted by Gasteiger charge is 2.08. The lowest BCUT2D eigenvalue weighted by molar-refractivity contribution is -0.122. The molecule has 0 radical (unpaired) electrons. The van der Waals surface area contributed by atoms with E-state index in [0.29, 0.717) is 12.2 Å². The number of carbonyl (C=O) groups is 1. The number of nitrogens with zero attached hydrogens (tertiary/aromatic N) is 4. The quantitative estimate of drug-likeness (QED) is 0.721. The topological polar surface area (TPSA) is 80.1 Å². The molecule has 0 unspecified atom stereocenters. The van der Waals surface area contributed by atoms with Gasteiger partial charge in [-0.3, -0.25) is 9.59 Å². The van der Waals surface area contributed by atoms with Crippen LogP contribution < -0.4 is 15.8 Å². The molecule has 2 heterocycles. The van der Waals surface area contributed by atoms with Gasteiger partial charge in [-0.05, 0) is 17.7 Å². The van der Waals surface area contributed by atoms with E-state index in [0.717, 1.165) is 16.9 Å². The molecule has 2 aromatic heterocycles. The Hall–Kier alpha value is -3.48. The molecule has 3 rings (SSSR count). The van der Waals surface area contributed by atoms with Gasteiger partial charge in [0.1, 0.15) is 12.4 Å². The first-order valence-corrected chi connectivity index (χ1v) is 8.55. The number of aromatic nitrogens is 3. The number of pyridine rings is 1. The predicted molar refractivity (Wildman–Crippen MR) is 104 cm³/mol. The van der Waals surface area contributed by atoms with Crippen LogP contribution in [0.3, 0.4) is 0 Å². The van der Waals surface area contributed by atoms with Crippen LogP contribution in [0, 0.1) is 0 Å². The summed E-state index contributed by atoms with van der Waals surface area (Å²) in [5, 5.41) is 7.08. The summed E-state index contributed by atoms with van der Waals surface area (Å²) in [7, 11) is 3.83. The fourth-order valence-corrected chi connectivity index (χ4v) is 2.50. The minimum atomic E-state index is -0.318. The average molecular weight is 363 g/mol. The van der Waals surface area contributed by atoms with Crippen LogP contribution in [0.1, 0.15) is 5.56 Å². The van der Waals surface area contributed by atoms with Gasteiger partial charge in [-0.25, -0.2) is 9.67 Å². The van der Waals surface area contributed by atoms with Crippen LogP contribution in [-0.4, -0.2) is 34.8 Å². The molecule has 27 heavy (non-hydrogen) atoms. The first-order chi connectivity index (χ1) is 13.0. The van der Waals surface area contributed by atoms with Gasteiger partial charge < -0.3 is 10.2 Å². The Morgan fingerprint density at radius 3 is 2.52 bits per heavy atom. The second kappa shape index (κ2) is 8.27. The Kier molecular flexibility index (Phi) is 5.61. The average Bonchev–Trinajstić information content (AvgIpc) is 2.69. The molecule has 7 heteroatoms. The van der Waals surface area contributed by atoms with Crippen LogP contribution in [0.5, 0.6) is 0 Å². The summed E-state index contributed by atoms with van der Waals surface area (Å²) >= 11 is 0. The van der Waals surface area contributed by atoms with E-state index >= 15 is 0 Å². The highest BCUT2D eigenvalue weighted by molar-refractivity contribution is 5.75. The van der Waals surface area contributed by atoms with Crippen molar-refractivity contribution >= 4 is 11.7 Å². The Morgan fingerprint density at radius 2 is 1.85 bits per heavy atom. The molecule has 1 N–H and O–H groups in total. The minimum Gasteiger partial charge on any atom is -0.363 e. The molecule has 0 aliphatic rings. The first-order valence-electron chi connectivity index (χ1n) is 8.55. The molecule has 0 spiro atoms. The van der Waals surface area contributed by atoms with Crippen molar-refractivity contribution in [3.05, 3.63) is 76.7 Å². The van der Waals surface area contributed by atoms with Crippen LogP contribution in [-0.2, 0) is 17.9 Å². The van der Waals surface area contributed by atoms with Crippen molar-refractivity contribution in [2.75, 3.05) is 19.0 Å². The Morgan fingerprint density at radius 1 is 1.07 bits per heavy atom. The maximum Gasteiger partial charge on any atom is 0.267 e. The molecule has 0 bridgehead atoms. The minimum absolute atomic E-state index is 0.136. The van der Waals surface area contributed by atoms with Crippen molar-refractivity contribution in [2.24, 2.45) is 0 Å². The number of amides is 1. The SMILES string of the molecule is CN(C)c1ccc(CNC(=O)Cn2nc(-c3ccccc3)ccc2=O)cn1. The predicted octanol–water partition coefficient (Wildman–Crippen LogP) is 1.69. The second-order valence-electron chi connectivity index (χ2n) is 6.28. The second-order valence-corrected chi connectivity index (χ2v) is 6.28. The summed E-state index contributed by atoms with van der Waals surface area (Å²) in [6, 6.07) is 16.4. The fourth-order valence-electron chi connectivity index (χ4n) is 2.50. The van der Waals surface area contributed by atoms with Crippen molar-refractivity contribution in [2.45, 2.75) is 13.1 Å². The highest BCUT2D eigenvalue weighted by Crippen LogP contribution is 2.13. The third-order valence-corrected chi connectivity index (χ3v) is 3.99. The molecule has 0 aliphatic carbocycles. The van der Waals surface area contributed by atoms with E-state index in [1.807, 2.05) is 61.5 Å². The summed E-state index contributed by atoms with van der Waals surface area (Å²) in [6.07, 6.45) is 1.72. The van der Waals surface area contributed by atoms with Gasteiger partial charge in [0, 0.05) is 38.5 Å². The first kappa shape index (κ1) is 18.3. The molecule has 0 saturated carbocycles. The lowest BCUT2D eigenvalue weighted by atomic mass is 10.1. The number of rotatable bonds is 6. The molecular weight excluding hydrogens is 342 g/mol. The largest absolute Gasteiger partial charge is 0.363 e. The van der Waals surface area contributed by atoms with E-state index in [1.165, 1.54) is 10.7 Å². The summed E-state index contributed by atoms with van der Waals surface area (Å²) in [6.45, 7) is 0.204. The highest BCUT2D eigenvalue weighted by atomic mass is 16.2. The van der Waals surface area contributed by atoms with Crippen molar-refractivity contribution in [1.82, 2.24) is 20.1 Å². The van der Waals surface area contributed by atoms with E-state index in [2.05, 4.69) is 15.4 Å². The normalized spacial score (nSPS) is 10.4. The summed E-state index contributed by atoms with van der Waals surface area (Å²) < 4.78 is 1.17. The van der Waals surface area contributed by atoms with Gasteiger partial charge >= 0.3 is 0 Å². The maximum absolute atomic E-state index is 12.2. The van der Waals surface area contributed by atoms with Gasteiger partial charge in [0.25, 0.3) is 5.56 Å². The van der Waals surface area contributed by atoms with Crippen molar-refractivity contribution in [3.63, 3.8) is 0 Å². The van der Waals surface area contributed by atoms with Gasteiger partial charge in [-0.2, -0.15) is 5.10 Å².